The summed E-state index contributed by atoms with van der Waals surface area (Å²) in [6.07, 6.45) is 5.86. The van der Waals surface area contributed by atoms with Crippen LogP contribution in [0.3, 0.4) is 0 Å². The lowest BCUT2D eigenvalue weighted by atomic mass is 9.96. The van der Waals surface area contributed by atoms with Crippen LogP contribution in [0.5, 0.6) is 0 Å². The second kappa shape index (κ2) is 6.57. The smallest absolute Gasteiger partial charge is 0.223 e. The molecule has 2 saturated heterocycles. The minimum atomic E-state index is -3.21. The lowest BCUT2D eigenvalue weighted by Gasteiger charge is -2.39. The summed E-state index contributed by atoms with van der Waals surface area (Å²) in [5.41, 5.74) is 0.983. The maximum atomic E-state index is 12.4. The quantitative estimate of drug-likeness (QED) is 0.814. The van der Waals surface area contributed by atoms with E-state index < -0.39 is 10.0 Å². The molecule has 3 heterocycles. The molecule has 0 N–H and O–H groups in total. The van der Waals surface area contributed by atoms with Crippen molar-refractivity contribution in [3.8, 4) is 0 Å². The number of sulfonamides is 1. The van der Waals surface area contributed by atoms with Crippen LogP contribution in [-0.4, -0.2) is 52.9 Å². The molecule has 3 rings (SSSR count). The first kappa shape index (κ1) is 16.4. The number of hydrogen-bond acceptors (Lipinski definition) is 4. The summed E-state index contributed by atoms with van der Waals surface area (Å²) >= 11 is 0. The molecule has 0 aliphatic carbocycles. The fourth-order valence-electron chi connectivity index (χ4n) is 3.72. The molecule has 0 spiro atoms. The third kappa shape index (κ3) is 3.26. The van der Waals surface area contributed by atoms with Crippen molar-refractivity contribution in [3.05, 3.63) is 30.1 Å². The Bertz CT molecular complexity index is 662. The van der Waals surface area contributed by atoms with Crippen LogP contribution in [0.4, 0.5) is 0 Å². The van der Waals surface area contributed by atoms with Gasteiger partial charge in [0, 0.05) is 44.0 Å². The van der Waals surface area contributed by atoms with Crippen LogP contribution in [0, 0.1) is 0 Å². The van der Waals surface area contributed by atoms with Gasteiger partial charge in [0.1, 0.15) is 0 Å². The van der Waals surface area contributed by atoms with Crippen molar-refractivity contribution >= 4 is 15.9 Å². The molecule has 0 unspecified atom stereocenters. The van der Waals surface area contributed by atoms with Gasteiger partial charge in [-0.05, 0) is 30.9 Å². The average Bonchev–Trinajstić information content (AvgIpc) is 2.96. The van der Waals surface area contributed by atoms with Crippen LogP contribution in [0.25, 0.3) is 0 Å². The highest BCUT2D eigenvalue weighted by molar-refractivity contribution is 7.89. The third-order valence-corrected chi connectivity index (χ3v) is 6.82. The van der Waals surface area contributed by atoms with Crippen LogP contribution in [0.2, 0.25) is 0 Å². The fraction of sp³-hybridized carbons (Fsp3) is 0.625. The second-order valence-corrected chi connectivity index (χ2v) is 8.31. The van der Waals surface area contributed by atoms with E-state index in [-0.39, 0.29) is 23.7 Å². The number of aromatic nitrogens is 1. The molecule has 0 radical (unpaired) electrons. The van der Waals surface area contributed by atoms with E-state index in [1.54, 1.807) is 16.7 Å². The molecule has 7 heteroatoms. The highest BCUT2D eigenvalue weighted by Gasteiger charge is 2.46. The predicted octanol–water partition coefficient (Wildman–Crippen LogP) is 1.39. The molecule has 1 aromatic rings. The van der Waals surface area contributed by atoms with Gasteiger partial charge in [-0.25, -0.2) is 8.42 Å². The molecule has 126 valence electrons. The van der Waals surface area contributed by atoms with Crippen LogP contribution in [0.15, 0.2) is 24.5 Å². The largest absolute Gasteiger partial charge is 0.334 e. The molecule has 1 amide bonds. The van der Waals surface area contributed by atoms with Gasteiger partial charge in [0.05, 0.1) is 5.75 Å². The maximum absolute atomic E-state index is 12.4. The Morgan fingerprint density at radius 1 is 1.30 bits per heavy atom. The van der Waals surface area contributed by atoms with Gasteiger partial charge < -0.3 is 4.90 Å². The van der Waals surface area contributed by atoms with E-state index >= 15 is 0 Å². The number of likely N-dealkylation sites (tertiary alicyclic amines) is 1. The number of pyridine rings is 1. The van der Waals surface area contributed by atoms with Gasteiger partial charge in [0.25, 0.3) is 0 Å². The molecule has 2 atom stereocenters. The van der Waals surface area contributed by atoms with E-state index in [4.69, 9.17) is 0 Å². The topological polar surface area (TPSA) is 70.6 Å². The van der Waals surface area contributed by atoms with Gasteiger partial charge in [-0.15, -0.1) is 0 Å². The van der Waals surface area contributed by atoms with Gasteiger partial charge in [-0.1, -0.05) is 13.0 Å². The molecule has 23 heavy (non-hydrogen) atoms. The van der Waals surface area contributed by atoms with Crippen molar-refractivity contribution in [2.24, 2.45) is 0 Å². The third-order valence-electron chi connectivity index (χ3n) is 4.73. The highest BCUT2D eigenvalue weighted by Crippen LogP contribution is 2.34. The van der Waals surface area contributed by atoms with E-state index in [1.165, 1.54) is 0 Å². The molecule has 1 aromatic heterocycles. The molecular formula is C16H23N3O3S. The Morgan fingerprint density at radius 3 is 2.83 bits per heavy atom. The lowest BCUT2D eigenvalue weighted by Crippen LogP contribution is -2.53. The summed E-state index contributed by atoms with van der Waals surface area (Å²) < 4.78 is 26.5. The van der Waals surface area contributed by atoms with Gasteiger partial charge in [-0.2, -0.15) is 4.31 Å². The Balaban J connectivity index is 1.79. The van der Waals surface area contributed by atoms with Crippen LogP contribution in [0.1, 0.15) is 38.2 Å². The van der Waals surface area contributed by atoms with E-state index in [2.05, 4.69) is 4.98 Å². The van der Waals surface area contributed by atoms with E-state index in [1.807, 2.05) is 24.0 Å². The predicted molar refractivity (Wildman–Crippen MR) is 87.0 cm³/mol. The average molecular weight is 337 g/mol. The monoisotopic (exact) mass is 337 g/mol. The molecule has 2 fully saturated rings. The fourth-order valence-corrected chi connectivity index (χ4v) is 5.52. The first-order chi connectivity index (χ1) is 11.0. The zero-order chi connectivity index (χ0) is 16.4. The highest BCUT2D eigenvalue weighted by atomic mass is 32.2. The number of carbonyl (C=O) groups excluding carboxylic acids is 1. The summed E-state index contributed by atoms with van der Waals surface area (Å²) in [5, 5.41) is 0. The first-order valence-corrected chi connectivity index (χ1v) is 9.81. The SMILES string of the molecule is CCCS(=O)(=O)N1CC[C@@H]2[C@H]1CCC(=O)N2Cc1cccnc1. The van der Waals surface area contributed by atoms with Crippen molar-refractivity contribution in [2.45, 2.75) is 51.2 Å². The maximum Gasteiger partial charge on any atom is 0.223 e. The standard InChI is InChI=1S/C16H23N3O3S/c1-2-10-23(21,22)19-9-7-14-15(19)5-6-16(20)18(14)12-13-4-3-8-17-11-13/h3-4,8,11,14-15H,2,5-7,9-10,12H2,1H3/t14-,15-/m1/s1. The minimum Gasteiger partial charge on any atom is -0.334 e. The molecule has 0 bridgehead atoms. The van der Waals surface area contributed by atoms with E-state index in [0.29, 0.717) is 32.4 Å². The molecule has 0 aromatic carbocycles. The van der Waals surface area contributed by atoms with Crippen molar-refractivity contribution in [1.82, 2.24) is 14.2 Å². The molecule has 0 saturated carbocycles. The van der Waals surface area contributed by atoms with Crippen LogP contribution < -0.4 is 0 Å². The summed E-state index contributed by atoms with van der Waals surface area (Å²) in [6, 6.07) is 3.72. The molecule has 6 nitrogen and oxygen atoms in total. The van der Waals surface area contributed by atoms with Crippen LogP contribution >= 0.6 is 0 Å². The van der Waals surface area contributed by atoms with E-state index in [9.17, 15) is 13.2 Å². The number of hydrogen-bond donors (Lipinski definition) is 0. The van der Waals surface area contributed by atoms with Gasteiger partial charge in [0.2, 0.25) is 15.9 Å². The zero-order valence-electron chi connectivity index (χ0n) is 13.4. The molecule has 2 aliphatic rings. The summed E-state index contributed by atoms with van der Waals surface area (Å²) in [4.78, 5) is 18.3. The number of amides is 1. The second-order valence-electron chi connectivity index (χ2n) is 6.27. The van der Waals surface area contributed by atoms with Gasteiger partial charge >= 0.3 is 0 Å². The van der Waals surface area contributed by atoms with E-state index in [0.717, 1.165) is 12.0 Å². The van der Waals surface area contributed by atoms with Crippen LogP contribution in [-0.2, 0) is 21.4 Å². The van der Waals surface area contributed by atoms with Gasteiger partial charge in [0.15, 0.2) is 0 Å². The number of fused-ring (bicyclic) bond motifs is 1. The minimum absolute atomic E-state index is 0.0110. The molecule has 2 aliphatic heterocycles. The zero-order valence-corrected chi connectivity index (χ0v) is 14.2. The summed E-state index contributed by atoms with van der Waals surface area (Å²) in [7, 11) is -3.21. The Hall–Kier alpha value is -1.47. The molecular weight excluding hydrogens is 314 g/mol. The lowest BCUT2D eigenvalue weighted by molar-refractivity contribution is -0.138. The summed E-state index contributed by atoms with van der Waals surface area (Å²) in [5.74, 6) is 0.303. The number of carbonyl (C=O) groups is 1. The Kier molecular flexibility index (Phi) is 4.68. The van der Waals surface area contributed by atoms with Crippen molar-refractivity contribution < 1.29 is 13.2 Å². The van der Waals surface area contributed by atoms with Gasteiger partial charge in [-0.3, -0.25) is 9.78 Å². The van der Waals surface area contributed by atoms with Crippen molar-refractivity contribution in [3.63, 3.8) is 0 Å². The normalized spacial score (nSPS) is 25.6. The number of nitrogens with zero attached hydrogens (tertiary/aromatic N) is 3. The summed E-state index contributed by atoms with van der Waals surface area (Å²) in [6.45, 7) is 2.91. The van der Waals surface area contributed by atoms with Crippen molar-refractivity contribution in [1.29, 1.82) is 0 Å². The Morgan fingerprint density at radius 2 is 2.13 bits per heavy atom. The first-order valence-electron chi connectivity index (χ1n) is 8.21. The number of rotatable bonds is 5. The Labute approximate surface area is 137 Å². The number of piperidine rings is 1. The van der Waals surface area contributed by atoms with Crippen molar-refractivity contribution in [2.75, 3.05) is 12.3 Å².